The summed E-state index contributed by atoms with van der Waals surface area (Å²) in [4.78, 5) is 0. The summed E-state index contributed by atoms with van der Waals surface area (Å²) in [5.41, 5.74) is 0. The van der Waals surface area contributed by atoms with Gasteiger partial charge < -0.3 is 4.43 Å². The average molecular weight is 172 g/mol. The Balaban J connectivity index is 3.94. The van der Waals surface area contributed by atoms with Gasteiger partial charge in [-0.15, -0.1) is 6.58 Å². The van der Waals surface area contributed by atoms with Crippen LogP contribution in [0.3, 0.4) is 0 Å². The van der Waals surface area contributed by atoms with Crippen molar-refractivity contribution in [2.24, 2.45) is 0 Å². The molecule has 0 heterocycles. The minimum absolute atomic E-state index is 0.821. The molecule has 0 aliphatic carbocycles. The van der Waals surface area contributed by atoms with Gasteiger partial charge in [-0.1, -0.05) is 18.5 Å². The zero-order valence-corrected chi connectivity index (χ0v) is 9.24. The van der Waals surface area contributed by atoms with Gasteiger partial charge in [0.2, 0.25) is 8.32 Å². The molecule has 0 saturated carbocycles. The fraction of sp³-hybridized carbons (Fsp3) is 0.778. The van der Waals surface area contributed by atoms with E-state index in [4.69, 9.17) is 4.43 Å². The van der Waals surface area contributed by atoms with Gasteiger partial charge in [-0.3, -0.25) is 0 Å². The number of hydrogen-bond donors (Lipinski definition) is 0. The maximum absolute atomic E-state index is 5.68. The average Bonchev–Trinajstić information content (AvgIpc) is 1.88. The third-order valence-electron chi connectivity index (χ3n) is 1.91. The molecule has 0 unspecified atom stereocenters. The van der Waals surface area contributed by atoms with Crippen LogP contribution in [0.4, 0.5) is 0 Å². The predicted octanol–water partition coefficient (Wildman–Crippen LogP) is 3.12. The molecule has 0 aromatic carbocycles. The lowest BCUT2D eigenvalue weighted by Gasteiger charge is -2.24. The largest absolute Gasteiger partial charge is 0.414 e. The van der Waals surface area contributed by atoms with Gasteiger partial charge >= 0.3 is 0 Å². The Bertz CT molecular complexity index is 130. The van der Waals surface area contributed by atoms with Crippen molar-refractivity contribution in [2.75, 3.05) is 6.61 Å². The monoisotopic (exact) mass is 172 g/mol. The SMILES string of the molecule is C=C(CCC)[Si](C)(C)OCC. The van der Waals surface area contributed by atoms with Crippen LogP contribution < -0.4 is 0 Å². The van der Waals surface area contributed by atoms with Gasteiger partial charge in [0, 0.05) is 6.61 Å². The van der Waals surface area contributed by atoms with Crippen molar-refractivity contribution in [1.29, 1.82) is 0 Å². The zero-order valence-electron chi connectivity index (χ0n) is 8.24. The first-order chi connectivity index (χ1) is 5.04. The van der Waals surface area contributed by atoms with Gasteiger partial charge in [0.15, 0.2) is 0 Å². The normalized spacial score (nSPS) is 11.6. The van der Waals surface area contributed by atoms with Crippen molar-refractivity contribution in [2.45, 2.75) is 39.8 Å². The first-order valence-corrected chi connectivity index (χ1v) is 7.27. The summed E-state index contributed by atoms with van der Waals surface area (Å²) < 4.78 is 5.68. The molecule has 0 rings (SSSR count). The summed E-state index contributed by atoms with van der Waals surface area (Å²) in [5.74, 6) is 0. The van der Waals surface area contributed by atoms with E-state index in [0.29, 0.717) is 0 Å². The van der Waals surface area contributed by atoms with Gasteiger partial charge in [0.05, 0.1) is 0 Å². The molecule has 0 saturated heterocycles. The van der Waals surface area contributed by atoms with E-state index >= 15 is 0 Å². The van der Waals surface area contributed by atoms with Gasteiger partial charge in [0.1, 0.15) is 0 Å². The van der Waals surface area contributed by atoms with Gasteiger partial charge in [-0.05, 0) is 26.4 Å². The molecule has 0 fully saturated rings. The Labute approximate surface area is 71.6 Å². The van der Waals surface area contributed by atoms with Crippen molar-refractivity contribution in [3.05, 3.63) is 11.8 Å². The fourth-order valence-corrected chi connectivity index (χ4v) is 2.84. The van der Waals surface area contributed by atoms with E-state index in [1.807, 2.05) is 6.92 Å². The number of hydrogen-bond acceptors (Lipinski definition) is 1. The Kier molecular flexibility index (Phi) is 4.69. The minimum atomic E-state index is -1.52. The fourth-order valence-electron chi connectivity index (χ4n) is 1.07. The molecule has 0 aromatic rings. The van der Waals surface area contributed by atoms with E-state index in [1.54, 1.807) is 0 Å². The van der Waals surface area contributed by atoms with Crippen molar-refractivity contribution in [3.63, 3.8) is 0 Å². The Morgan fingerprint density at radius 2 is 1.91 bits per heavy atom. The third kappa shape index (κ3) is 3.73. The van der Waals surface area contributed by atoms with Crippen molar-refractivity contribution < 1.29 is 4.43 Å². The minimum Gasteiger partial charge on any atom is -0.414 e. The van der Waals surface area contributed by atoms with E-state index in [0.717, 1.165) is 13.0 Å². The van der Waals surface area contributed by atoms with Crippen LogP contribution in [-0.2, 0) is 4.43 Å². The van der Waals surface area contributed by atoms with E-state index in [9.17, 15) is 0 Å². The standard InChI is InChI=1S/C9H20OSi/c1-6-8-9(3)11(4,5)10-7-2/h3,6-8H2,1-2,4-5H3. The molecule has 0 radical (unpaired) electrons. The lowest BCUT2D eigenvalue weighted by atomic mass is 10.3. The molecular weight excluding hydrogens is 152 g/mol. The molecule has 2 heteroatoms. The van der Waals surface area contributed by atoms with Gasteiger partial charge in [-0.2, -0.15) is 0 Å². The smallest absolute Gasteiger partial charge is 0.213 e. The quantitative estimate of drug-likeness (QED) is 0.579. The van der Waals surface area contributed by atoms with Crippen LogP contribution in [0.15, 0.2) is 11.8 Å². The molecule has 0 spiro atoms. The van der Waals surface area contributed by atoms with E-state index in [2.05, 4.69) is 26.6 Å². The highest BCUT2D eigenvalue weighted by atomic mass is 28.4. The highest BCUT2D eigenvalue weighted by molar-refractivity contribution is 6.78. The Morgan fingerprint density at radius 3 is 2.27 bits per heavy atom. The first-order valence-electron chi connectivity index (χ1n) is 4.36. The van der Waals surface area contributed by atoms with E-state index in [1.165, 1.54) is 11.6 Å². The molecule has 0 aliphatic heterocycles. The molecule has 1 nitrogen and oxygen atoms in total. The molecule has 0 bridgehead atoms. The third-order valence-corrected chi connectivity index (χ3v) is 4.87. The summed E-state index contributed by atoms with van der Waals surface area (Å²) in [5, 5.41) is 1.34. The molecule has 11 heavy (non-hydrogen) atoms. The van der Waals surface area contributed by atoms with Crippen molar-refractivity contribution >= 4 is 8.32 Å². The lowest BCUT2D eigenvalue weighted by Crippen LogP contribution is -2.33. The number of allylic oxidation sites excluding steroid dienone is 1. The van der Waals surface area contributed by atoms with Crippen LogP contribution >= 0.6 is 0 Å². The highest BCUT2D eigenvalue weighted by Gasteiger charge is 2.24. The molecule has 0 aliphatic rings. The van der Waals surface area contributed by atoms with Crippen LogP contribution in [-0.4, -0.2) is 14.9 Å². The first kappa shape index (κ1) is 10.9. The lowest BCUT2D eigenvalue weighted by molar-refractivity contribution is 0.334. The van der Waals surface area contributed by atoms with Gasteiger partial charge in [0.25, 0.3) is 0 Å². The van der Waals surface area contributed by atoms with Crippen LogP contribution in [0.2, 0.25) is 13.1 Å². The summed E-state index contributed by atoms with van der Waals surface area (Å²) in [7, 11) is -1.52. The summed E-state index contributed by atoms with van der Waals surface area (Å²) in [6.45, 7) is 13.6. The molecule has 0 N–H and O–H groups in total. The summed E-state index contributed by atoms with van der Waals surface area (Å²) in [6.07, 6.45) is 2.31. The molecular formula is C9H20OSi. The Morgan fingerprint density at radius 1 is 1.36 bits per heavy atom. The molecule has 0 aromatic heterocycles. The highest BCUT2D eigenvalue weighted by Crippen LogP contribution is 2.18. The van der Waals surface area contributed by atoms with Crippen molar-refractivity contribution in [1.82, 2.24) is 0 Å². The molecule has 0 atom stereocenters. The molecule has 0 amide bonds. The topological polar surface area (TPSA) is 9.23 Å². The second-order valence-electron chi connectivity index (χ2n) is 3.30. The van der Waals surface area contributed by atoms with E-state index < -0.39 is 8.32 Å². The van der Waals surface area contributed by atoms with Crippen LogP contribution in [0, 0.1) is 0 Å². The summed E-state index contributed by atoms with van der Waals surface area (Å²) >= 11 is 0. The van der Waals surface area contributed by atoms with Crippen LogP contribution in [0.25, 0.3) is 0 Å². The zero-order chi connectivity index (χ0) is 8.91. The maximum Gasteiger partial charge on any atom is 0.213 e. The van der Waals surface area contributed by atoms with Crippen LogP contribution in [0.1, 0.15) is 26.7 Å². The Hall–Kier alpha value is -0.0831. The molecule has 66 valence electrons. The van der Waals surface area contributed by atoms with E-state index in [-0.39, 0.29) is 0 Å². The maximum atomic E-state index is 5.68. The number of rotatable bonds is 5. The van der Waals surface area contributed by atoms with Gasteiger partial charge in [-0.25, -0.2) is 0 Å². The second-order valence-corrected chi connectivity index (χ2v) is 7.31. The van der Waals surface area contributed by atoms with Crippen molar-refractivity contribution in [3.8, 4) is 0 Å². The predicted molar refractivity (Wildman–Crippen MR) is 53.2 cm³/mol. The summed E-state index contributed by atoms with van der Waals surface area (Å²) in [6, 6.07) is 0. The van der Waals surface area contributed by atoms with Crippen LogP contribution in [0.5, 0.6) is 0 Å². The second kappa shape index (κ2) is 4.73.